The number of dihydropyridines is 1. The summed E-state index contributed by atoms with van der Waals surface area (Å²) in [5.41, 5.74) is 4.42. The Kier molecular flexibility index (Phi) is 9.48. The van der Waals surface area contributed by atoms with Crippen LogP contribution in [0, 0.1) is 11.3 Å². The Morgan fingerprint density at radius 1 is 1.05 bits per heavy atom. The highest BCUT2D eigenvalue weighted by atomic mass is 35.5. The molecule has 0 bridgehead atoms. The van der Waals surface area contributed by atoms with Crippen LogP contribution in [-0.2, 0) is 27.4 Å². The van der Waals surface area contributed by atoms with Gasteiger partial charge in [-0.1, -0.05) is 97.0 Å². The van der Waals surface area contributed by atoms with Gasteiger partial charge >= 0.3 is 5.97 Å². The van der Waals surface area contributed by atoms with E-state index in [-0.39, 0.29) is 18.3 Å². The van der Waals surface area contributed by atoms with Gasteiger partial charge in [-0.2, -0.15) is 5.26 Å². The predicted octanol–water partition coefficient (Wildman–Crippen LogP) is 6.71. The number of nitrogens with one attached hydrogen (secondary N) is 2. The summed E-state index contributed by atoms with van der Waals surface area (Å²) in [6, 6.07) is 26.4. The highest BCUT2D eigenvalue weighted by Gasteiger charge is 2.36. The lowest BCUT2D eigenvalue weighted by Crippen LogP contribution is -2.29. The van der Waals surface area contributed by atoms with Gasteiger partial charge in [-0.05, 0) is 42.2 Å². The van der Waals surface area contributed by atoms with Crippen molar-refractivity contribution >= 4 is 40.9 Å². The van der Waals surface area contributed by atoms with Gasteiger partial charge in [0.05, 0.1) is 33.9 Å². The average molecular weight is 558 g/mol. The fourth-order valence-electron chi connectivity index (χ4n) is 4.39. The largest absolute Gasteiger partial charge is 0.457 e. The third-order valence-electron chi connectivity index (χ3n) is 6.32. The molecule has 198 valence electrons. The molecule has 0 unspecified atom stereocenters. The molecule has 8 heteroatoms. The lowest BCUT2D eigenvalue weighted by molar-refractivity contribution is -0.140. The first-order valence-electron chi connectivity index (χ1n) is 12.5. The lowest BCUT2D eigenvalue weighted by Gasteiger charge is -2.29. The van der Waals surface area contributed by atoms with Crippen molar-refractivity contribution in [1.29, 1.82) is 5.26 Å². The Balaban J connectivity index is 1.60. The second kappa shape index (κ2) is 13.2. The standard InChI is InChI=1S/C31H28ClN3O3S/c1-3-22-13-7-10-16-26(22)35-27(36)19-39-30-24(17-33)29(23-14-8-9-15-25(23)32)28(20(2)34-30)31(37)38-18-21-11-5-4-6-12-21/h4-16,29,34H,3,18-19H2,1-2H3,(H,35,36)/t29-/m1/s1. The van der Waals surface area contributed by atoms with E-state index in [2.05, 4.69) is 16.7 Å². The minimum absolute atomic E-state index is 0.0713. The van der Waals surface area contributed by atoms with Gasteiger partial charge in [0.25, 0.3) is 0 Å². The molecule has 1 amide bonds. The molecule has 1 aliphatic rings. The number of para-hydroxylation sites is 1. The van der Waals surface area contributed by atoms with Crippen LogP contribution in [0.3, 0.4) is 0 Å². The molecule has 0 spiro atoms. The van der Waals surface area contributed by atoms with E-state index < -0.39 is 11.9 Å². The van der Waals surface area contributed by atoms with Gasteiger partial charge in [-0.3, -0.25) is 4.79 Å². The number of thioether (sulfide) groups is 1. The monoisotopic (exact) mass is 557 g/mol. The molecule has 1 heterocycles. The van der Waals surface area contributed by atoms with Gasteiger partial charge in [0.2, 0.25) is 5.91 Å². The number of rotatable bonds is 9. The van der Waals surface area contributed by atoms with Crippen molar-refractivity contribution in [1.82, 2.24) is 5.32 Å². The first-order chi connectivity index (χ1) is 18.9. The number of amides is 1. The van der Waals surface area contributed by atoms with Gasteiger partial charge < -0.3 is 15.4 Å². The third kappa shape index (κ3) is 6.72. The van der Waals surface area contributed by atoms with Crippen molar-refractivity contribution in [2.24, 2.45) is 0 Å². The number of hydrogen-bond donors (Lipinski definition) is 2. The maximum absolute atomic E-state index is 13.4. The molecule has 0 fully saturated rings. The summed E-state index contributed by atoms with van der Waals surface area (Å²) in [7, 11) is 0. The van der Waals surface area contributed by atoms with E-state index in [0.29, 0.717) is 32.5 Å². The molecule has 2 N–H and O–H groups in total. The maximum atomic E-state index is 13.4. The first kappa shape index (κ1) is 28.0. The molecule has 0 radical (unpaired) electrons. The van der Waals surface area contributed by atoms with Crippen LogP contribution in [0.15, 0.2) is 101 Å². The molecule has 0 saturated heterocycles. The molecule has 39 heavy (non-hydrogen) atoms. The van der Waals surface area contributed by atoms with E-state index in [1.54, 1.807) is 25.1 Å². The summed E-state index contributed by atoms with van der Waals surface area (Å²) in [6.45, 7) is 3.88. The number of nitriles is 1. The van der Waals surface area contributed by atoms with E-state index in [1.807, 2.05) is 67.6 Å². The van der Waals surface area contributed by atoms with Crippen LogP contribution in [0.4, 0.5) is 5.69 Å². The zero-order chi connectivity index (χ0) is 27.8. The fourth-order valence-corrected chi connectivity index (χ4v) is 5.53. The van der Waals surface area contributed by atoms with Crippen LogP contribution in [-0.4, -0.2) is 17.6 Å². The Labute approximate surface area is 237 Å². The van der Waals surface area contributed by atoms with Gasteiger partial charge in [0.1, 0.15) is 6.61 Å². The molecular weight excluding hydrogens is 530 g/mol. The van der Waals surface area contributed by atoms with Crippen molar-refractivity contribution in [2.45, 2.75) is 32.8 Å². The van der Waals surface area contributed by atoms with Crippen LogP contribution in [0.1, 0.15) is 36.5 Å². The van der Waals surface area contributed by atoms with Gasteiger partial charge in [0, 0.05) is 16.4 Å². The number of halogens is 1. The Morgan fingerprint density at radius 2 is 1.74 bits per heavy atom. The lowest BCUT2D eigenvalue weighted by atomic mass is 9.82. The summed E-state index contributed by atoms with van der Waals surface area (Å²) < 4.78 is 5.66. The summed E-state index contributed by atoms with van der Waals surface area (Å²) in [5.74, 6) is -1.42. The SMILES string of the molecule is CCc1ccccc1NC(=O)CSC1=C(C#N)[C@@H](c2ccccc2Cl)C(C(=O)OCc2ccccc2)=C(C)N1. The number of aryl methyl sites for hydroxylation is 1. The first-order valence-corrected chi connectivity index (χ1v) is 13.9. The van der Waals surface area contributed by atoms with Gasteiger partial charge in [-0.25, -0.2) is 4.79 Å². The van der Waals surface area contributed by atoms with Crippen LogP contribution < -0.4 is 10.6 Å². The number of carbonyl (C=O) groups excluding carboxylic acids is 2. The van der Waals surface area contributed by atoms with Crippen LogP contribution >= 0.6 is 23.4 Å². The summed E-state index contributed by atoms with van der Waals surface area (Å²) in [5, 5.41) is 17.3. The topological polar surface area (TPSA) is 91.2 Å². The molecule has 0 aliphatic carbocycles. The molecule has 4 rings (SSSR count). The number of benzene rings is 3. The van der Waals surface area contributed by atoms with Crippen molar-refractivity contribution in [3.8, 4) is 6.07 Å². The Bertz CT molecular complexity index is 1480. The number of anilines is 1. The third-order valence-corrected chi connectivity index (χ3v) is 7.68. The summed E-state index contributed by atoms with van der Waals surface area (Å²) in [4.78, 5) is 26.2. The second-order valence-electron chi connectivity index (χ2n) is 8.88. The molecule has 1 atom stereocenters. The highest BCUT2D eigenvalue weighted by molar-refractivity contribution is 8.03. The Hall–Kier alpha value is -3.99. The predicted molar refractivity (Wildman–Crippen MR) is 156 cm³/mol. The molecule has 0 saturated carbocycles. The van der Waals surface area contributed by atoms with E-state index in [1.165, 1.54) is 11.8 Å². The minimum Gasteiger partial charge on any atom is -0.457 e. The van der Waals surface area contributed by atoms with Gasteiger partial charge in [0.15, 0.2) is 0 Å². The minimum atomic E-state index is -0.750. The van der Waals surface area contributed by atoms with Crippen LogP contribution in [0.5, 0.6) is 0 Å². The van der Waals surface area contributed by atoms with E-state index >= 15 is 0 Å². The van der Waals surface area contributed by atoms with E-state index in [4.69, 9.17) is 16.3 Å². The number of carbonyl (C=O) groups is 2. The van der Waals surface area contributed by atoms with E-state index in [0.717, 1.165) is 23.2 Å². The normalized spacial score (nSPS) is 14.9. The summed E-state index contributed by atoms with van der Waals surface area (Å²) in [6.07, 6.45) is 0.793. The van der Waals surface area contributed by atoms with Crippen LogP contribution in [0.2, 0.25) is 5.02 Å². The molecular formula is C31H28ClN3O3S. The fraction of sp³-hybridized carbons (Fsp3) is 0.194. The maximum Gasteiger partial charge on any atom is 0.337 e. The summed E-state index contributed by atoms with van der Waals surface area (Å²) >= 11 is 7.77. The smallest absolute Gasteiger partial charge is 0.337 e. The molecule has 3 aromatic rings. The molecule has 3 aromatic carbocycles. The van der Waals surface area contributed by atoms with E-state index in [9.17, 15) is 14.9 Å². The molecule has 1 aliphatic heterocycles. The Morgan fingerprint density at radius 3 is 2.46 bits per heavy atom. The number of esters is 1. The van der Waals surface area contributed by atoms with Crippen molar-refractivity contribution in [3.05, 3.63) is 122 Å². The second-order valence-corrected chi connectivity index (χ2v) is 10.3. The number of allylic oxidation sites excluding steroid dienone is 2. The number of nitrogens with zero attached hydrogens (tertiary/aromatic N) is 1. The molecule has 0 aromatic heterocycles. The number of ether oxygens (including phenoxy) is 1. The van der Waals surface area contributed by atoms with Crippen molar-refractivity contribution < 1.29 is 14.3 Å². The van der Waals surface area contributed by atoms with Gasteiger partial charge in [-0.15, -0.1) is 0 Å². The highest BCUT2D eigenvalue weighted by Crippen LogP contribution is 2.43. The number of hydrogen-bond acceptors (Lipinski definition) is 6. The zero-order valence-electron chi connectivity index (χ0n) is 21.7. The van der Waals surface area contributed by atoms with Crippen molar-refractivity contribution in [2.75, 3.05) is 11.1 Å². The average Bonchev–Trinajstić information content (AvgIpc) is 2.95. The zero-order valence-corrected chi connectivity index (χ0v) is 23.2. The van der Waals surface area contributed by atoms with Crippen LogP contribution in [0.25, 0.3) is 0 Å². The van der Waals surface area contributed by atoms with Crippen molar-refractivity contribution in [3.63, 3.8) is 0 Å². The quantitative estimate of drug-likeness (QED) is 0.284. The molecule has 6 nitrogen and oxygen atoms in total.